The Kier molecular flexibility index (Phi) is 3.02. The van der Waals surface area contributed by atoms with E-state index in [1.165, 1.54) is 11.0 Å². The quantitative estimate of drug-likeness (QED) is 0.560. The summed E-state index contributed by atoms with van der Waals surface area (Å²) in [5.41, 5.74) is 3.67. The molecule has 0 unspecified atom stereocenters. The van der Waals surface area contributed by atoms with Crippen molar-refractivity contribution in [2.45, 2.75) is 27.0 Å². The zero-order valence-corrected chi connectivity index (χ0v) is 8.09. The van der Waals surface area contributed by atoms with Crippen LogP contribution in [0.5, 0.6) is 0 Å². The van der Waals surface area contributed by atoms with Crippen LogP contribution in [0.3, 0.4) is 0 Å². The third kappa shape index (κ3) is 1.94. The van der Waals surface area contributed by atoms with Crippen molar-refractivity contribution in [1.82, 2.24) is 0 Å². The van der Waals surface area contributed by atoms with Crippen LogP contribution in [0.1, 0.15) is 12.5 Å². The van der Waals surface area contributed by atoms with Gasteiger partial charge in [0.2, 0.25) is 0 Å². The van der Waals surface area contributed by atoms with E-state index < -0.39 is 0 Å². The molecule has 0 fully saturated rings. The predicted octanol–water partition coefficient (Wildman–Crippen LogP) is 1.00. The van der Waals surface area contributed by atoms with Crippen LogP contribution in [0.25, 0.3) is 0 Å². The van der Waals surface area contributed by atoms with Crippen molar-refractivity contribution in [3.05, 3.63) is 23.8 Å². The van der Waals surface area contributed by atoms with Crippen molar-refractivity contribution in [1.29, 1.82) is 0 Å². The third-order valence-corrected chi connectivity index (χ3v) is 2.17. The summed E-state index contributed by atoms with van der Waals surface area (Å²) in [6.45, 7) is 7.19. The van der Waals surface area contributed by atoms with E-state index in [1.54, 1.807) is 0 Å². The molecule has 2 heteroatoms. The summed E-state index contributed by atoms with van der Waals surface area (Å²) in [4.78, 5) is 0. The SMILES string of the molecule is [B]c1ccc(B(C)C)c(CC)c1. The maximum Gasteiger partial charge on any atom is 0.169 e. The largest absolute Gasteiger partial charge is 0.169 e. The van der Waals surface area contributed by atoms with Gasteiger partial charge in [-0.25, -0.2) is 0 Å². The minimum atomic E-state index is 0.598. The molecule has 0 aliphatic heterocycles. The number of rotatable bonds is 2. The monoisotopic (exact) mass is 156 g/mol. The molecule has 0 spiro atoms. The number of benzene rings is 1. The molecule has 0 aliphatic carbocycles. The van der Waals surface area contributed by atoms with Gasteiger partial charge in [0.05, 0.1) is 0 Å². The molecule has 0 aliphatic rings. The lowest BCUT2D eigenvalue weighted by atomic mass is 9.48. The first-order chi connectivity index (χ1) is 5.65. The first-order valence-electron chi connectivity index (χ1n) is 4.53. The van der Waals surface area contributed by atoms with E-state index in [-0.39, 0.29) is 0 Å². The Balaban J connectivity index is 3.11. The molecule has 0 bridgehead atoms. The fourth-order valence-corrected chi connectivity index (χ4v) is 1.50. The smallest absolute Gasteiger partial charge is 0.0964 e. The standard InChI is InChI=1S/C10H14B2/c1-4-8-7-9(11)5-6-10(8)12(2)3/h5-7H,4H2,1-3H3. The van der Waals surface area contributed by atoms with Gasteiger partial charge in [-0.05, 0) is 6.42 Å². The van der Waals surface area contributed by atoms with Gasteiger partial charge in [-0.2, -0.15) is 0 Å². The maximum absolute atomic E-state index is 5.70. The summed E-state index contributed by atoms with van der Waals surface area (Å²) in [5.74, 6) is 0. The average molecular weight is 156 g/mol. The molecule has 1 aromatic rings. The van der Waals surface area contributed by atoms with Crippen LogP contribution in [0.2, 0.25) is 13.6 Å². The first-order valence-corrected chi connectivity index (χ1v) is 4.53. The second-order valence-corrected chi connectivity index (χ2v) is 3.47. The van der Waals surface area contributed by atoms with E-state index >= 15 is 0 Å². The Hall–Kier alpha value is -0.650. The van der Waals surface area contributed by atoms with Crippen molar-refractivity contribution in [2.75, 3.05) is 0 Å². The van der Waals surface area contributed by atoms with Crippen molar-refractivity contribution >= 4 is 25.5 Å². The molecule has 0 saturated heterocycles. The minimum Gasteiger partial charge on any atom is -0.0964 e. The van der Waals surface area contributed by atoms with Gasteiger partial charge in [0.1, 0.15) is 7.85 Å². The lowest BCUT2D eigenvalue weighted by molar-refractivity contribution is 1.16. The molecule has 0 saturated carbocycles. The number of hydrogen-bond acceptors (Lipinski definition) is 0. The van der Waals surface area contributed by atoms with Gasteiger partial charge in [-0.15, -0.1) is 0 Å². The molecule has 0 atom stereocenters. The van der Waals surface area contributed by atoms with E-state index in [9.17, 15) is 0 Å². The topological polar surface area (TPSA) is 0 Å². The predicted molar refractivity (Wildman–Crippen MR) is 58.3 cm³/mol. The molecule has 0 heterocycles. The van der Waals surface area contributed by atoms with Gasteiger partial charge in [-0.1, -0.05) is 55.3 Å². The lowest BCUT2D eigenvalue weighted by Crippen LogP contribution is -2.28. The van der Waals surface area contributed by atoms with E-state index in [1.807, 2.05) is 6.07 Å². The second-order valence-electron chi connectivity index (χ2n) is 3.47. The Morgan fingerprint density at radius 2 is 2.00 bits per heavy atom. The zero-order chi connectivity index (χ0) is 9.14. The molecule has 0 aromatic heterocycles. The highest BCUT2D eigenvalue weighted by atomic mass is 14.0. The second kappa shape index (κ2) is 3.84. The Morgan fingerprint density at radius 1 is 1.33 bits per heavy atom. The van der Waals surface area contributed by atoms with Gasteiger partial charge in [0.25, 0.3) is 0 Å². The summed E-state index contributed by atoms with van der Waals surface area (Å²) in [6.07, 6.45) is 1.07. The van der Waals surface area contributed by atoms with Crippen LogP contribution in [-0.2, 0) is 6.42 Å². The van der Waals surface area contributed by atoms with Gasteiger partial charge in [-0.3, -0.25) is 0 Å². The Labute approximate surface area is 76.9 Å². The van der Waals surface area contributed by atoms with Gasteiger partial charge in [0, 0.05) is 0 Å². The van der Waals surface area contributed by atoms with Gasteiger partial charge in [0.15, 0.2) is 6.71 Å². The van der Waals surface area contributed by atoms with Crippen molar-refractivity contribution in [3.63, 3.8) is 0 Å². The van der Waals surface area contributed by atoms with E-state index in [0.29, 0.717) is 6.71 Å². The minimum absolute atomic E-state index is 0.598. The highest BCUT2D eigenvalue weighted by Gasteiger charge is 2.06. The molecule has 1 aromatic carbocycles. The van der Waals surface area contributed by atoms with E-state index in [4.69, 9.17) is 7.85 Å². The molecule has 60 valence electrons. The Morgan fingerprint density at radius 3 is 2.50 bits per heavy atom. The molecule has 1 rings (SSSR count). The molecular formula is C10H14B2. The van der Waals surface area contributed by atoms with Gasteiger partial charge < -0.3 is 0 Å². The molecule has 0 nitrogen and oxygen atoms in total. The summed E-state index contributed by atoms with van der Waals surface area (Å²) < 4.78 is 0. The average Bonchev–Trinajstić information content (AvgIpc) is 2.03. The highest BCUT2D eigenvalue weighted by Crippen LogP contribution is 1.97. The van der Waals surface area contributed by atoms with E-state index in [0.717, 1.165) is 11.9 Å². The molecule has 12 heavy (non-hydrogen) atoms. The molecule has 0 N–H and O–H groups in total. The summed E-state index contributed by atoms with van der Waals surface area (Å²) >= 11 is 0. The van der Waals surface area contributed by atoms with Crippen LogP contribution in [-0.4, -0.2) is 14.6 Å². The van der Waals surface area contributed by atoms with Crippen LogP contribution >= 0.6 is 0 Å². The van der Waals surface area contributed by atoms with Crippen molar-refractivity contribution in [3.8, 4) is 0 Å². The first kappa shape index (κ1) is 9.44. The lowest BCUT2D eigenvalue weighted by Gasteiger charge is -2.10. The van der Waals surface area contributed by atoms with E-state index in [2.05, 4.69) is 32.7 Å². The highest BCUT2D eigenvalue weighted by molar-refractivity contribution is 6.71. The van der Waals surface area contributed by atoms with Gasteiger partial charge >= 0.3 is 0 Å². The van der Waals surface area contributed by atoms with Crippen molar-refractivity contribution in [2.24, 2.45) is 0 Å². The van der Waals surface area contributed by atoms with Crippen LogP contribution in [0.4, 0.5) is 0 Å². The molecule has 0 amide bonds. The normalized spacial score (nSPS) is 9.92. The van der Waals surface area contributed by atoms with Crippen LogP contribution < -0.4 is 10.9 Å². The fraction of sp³-hybridized carbons (Fsp3) is 0.400. The molecule has 2 radical (unpaired) electrons. The summed E-state index contributed by atoms with van der Waals surface area (Å²) in [5, 5.41) is 0. The number of aryl methyl sites for hydroxylation is 1. The van der Waals surface area contributed by atoms with Crippen LogP contribution in [0, 0.1) is 0 Å². The van der Waals surface area contributed by atoms with Crippen molar-refractivity contribution < 1.29 is 0 Å². The summed E-state index contributed by atoms with van der Waals surface area (Å²) in [7, 11) is 5.70. The number of hydrogen-bond donors (Lipinski definition) is 0. The Bertz CT molecular complexity index is 267. The van der Waals surface area contributed by atoms with Crippen LogP contribution in [0.15, 0.2) is 18.2 Å². The maximum atomic E-state index is 5.70. The fourth-order valence-electron chi connectivity index (χ4n) is 1.50. The zero-order valence-electron chi connectivity index (χ0n) is 8.09. The third-order valence-electron chi connectivity index (χ3n) is 2.17. The summed E-state index contributed by atoms with van der Waals surface area (Å²) in [6, 6.07) is 6.20. The molecular weight excluding hydrogens is 142 g/mol.